The highest BCUT2D eigenvalue weighted by Gasteiger charge is 2.25. The van der Waals surface area contributed by atoms with E-state index in [9.17, 15) is 19.7 Å². The molecule has 0 radical (unpaired) electrons. The lowest BCUT2D eigenvalue weighted by Crippen LogP contribution is -2.31. The van der Waals surface area contributed by atoms with Gasteiger partial charge in [0.2, 0.25) is 0 Å². The molecule has 0 heterocycles. The minimum absolute atomic E-state index is 0.0932. The normalized spacial score (nSPS) is 11.5. The summed E-state index contributed by atoms with van der Waals surface area (Å²) in [5.41, 5.74) is 1.18. The summed E-state index contributed by atoms with van der Waals surface area (Å²) < 4.78 is 4.97. The van der Waals surface area contributed by atoms with Crippen molar-refractivity contribution in [2.45, 2.75) is 26.3 Å². The quantitative estimate of drug-likeness (QED) is 0.438. The fourth-order valence-corrected chi connectivity index (χ4v) is 2.69. The van der Waals surface area contributed by atoms with Gasteiger partial charge in [-0.1, -0.05) is 41.4 Å². The summed E-state index contributed by atoms with van der Waals surface area (Å²) in [5, 5.41) is 14.1. The molecule has 1 atom stereocenters. The van der Waals surface area contributed by atoms with Gasteiger partial charge < -0.3 is 10.1 Å². The Kier molecular flexibility index (Phi) is 6.90. The van der Waals surface area contributed by atoms with E-state index in [1.165, 1.54) is 12.1 Å². The molecule has 0 bridgehead atoms. The number of hydrogen-bond donors (Lipinski definition) is 1. The molecule has 8 heteroatoms. The number of halogens is 1. The first-order valence-electron chi connectivity index (χ1n) is 8.28. The van der Waals surface area contributed by atoms with Crippen molar-refractivity contribution in [2.24, 2.45) is 0 Å². The molecule has 2 aromatic carbocycles. The molecule has 0 saturated heterocycles. The number of nitrogens with zero attached hydrogens (tertiary/aromatic N) is 1. The molecule has 1 N–H and O–H groups in total. The Bertz CT molecular complexity index is 852. The first-order chi connectivity index (χ1) is 12.8. The van der Waals surface area contributed by atoms with Gasteiger partial charge in [-0.05, 0) is 31.5 Å². The molecule has 0 saturated carbocycles. The van der Waals surface area contributed by atoms with Crippen LogP contribution in [0.2, 0.25) is 5.02 Å². The Hall–Kier alpha value is -2.93. The van der Waals surface area contributed by atoms with Crippen LogP contribution < -0.4 is 5.32 Å². The summed E-state index contributed by atoms with van der Waals surface area (Å²) in [5.74, 6) is -1.15. The van der Waals surface area contributed by atoms with Crippen molar-refractivity contribution >= 4 is 29.2 Å². The smallest absolute Gasteiger partial charge is 0.308 e. The monoisotopic (exact) mass is 390 g/mol. The van der Waals surface area contributed by atoms with Crippen molar-refractivity contribution in [2.75, 3.05) is 6.61 Å². The lowest BCUT2D eigenvalue weighted by atomic mass is 10.0. The summed E-state index contributed by atoms with van der Waals surface area (Å²) in [6.07, 6.45) is -0.0932. The fourth-order valence-electron chi connectivity index (χ4n) is 2.52. The number of amides is 1. The standard InChI is InChI=1S/C19H19ClN2O5/c1-3-27-18(23)11-16(13-6-4-12(2)5-7-13)21-19(24)15-9-8-14(20)10-17(15)22(25)26/h4-10,16H,3,11H2,1-2H3,(H,21,24)/t16-/m0/s1. The van der Waals surface area contributed by atoms with E-state index >= 15 is 0 Å². The van der Waals surface area contributed by atoms with Gasteiger partial charge in [0.25, 0.3) is 11.6 Å². The minimum atomic E-state index is -0.688. The number of esters is 1. The van der Waals surface area contributed by atoms with Crippen molar-refractivity contribution in [3.8, 4) is 0 Å². The minimum Gasteiger partial charge on any atom is -0.466 e. The van der Waals surface area contributed by atoms with E-state index in [0.717, 1.165) is 11.6 Å². The lowest BCUT2D eigenvalue weighted by molar-refractivity contribution is -0.385. The Morgan fingerprint density at radius 2 is 1.89 bits per heavy atom. The number of nitro groups is 1. The van der Waals surface area contributed by atoms with Gasteiger partial charge in [0, 0.05) is 11.1 Å². The molecular formula is C19H19ClN2O5. The highest BCUT2D eigenvalue weighted by atomic mass is 35.5. The molecule has 27 heavy (non-hydrogen) atoms. The lowest BCUT2D eigenvalue weighted by Gasteiger charge is -2.19. The number of aryl methyl sites for hydroxylation is 1. The molecule has 0 unspecified atom stereocenters. The van der Waals surface area contributed by atoms with E-state index in [2.05, 4.69) is 5.32 Å². The van der Waals surface area contributed by atoms with Gasteiger partial charge >= 0.3 is 5.97 Å². The number of nitro benzene ring substituents is 1. The highest BCUT2D eigenvalue weighted by Crippen LogP contribution is 2.25. The van der Waals surface area contributed by atoms with Crippen LogP contribution in [0.15, 0.2) is 42.5 Å². The fraction of sp³-hybridized carbons (Fsp3) is 0.263. The first-order valence-corrected chi connectivity index (χ1v) is 8.66. The molecule has 142 valence electrons. The summed E-state index contributed by atoms with van der Waals surface area (Å²) >= 11 is 5.79. The first kappa shape index (κ1) is 20.4. The third-order valence-electron chi connectivity index (χ3n) is 3.86. The number of hydrogen-bond acceptors (Lipinski definition) is 5. The van der Waals surface area contributed by atoms with E-state index in [-0.39, 0.29) is 23.6 Å². The average molecular weight is 391 g/mol. The number of rotatable bonds is 7. The van der Waals surface area contributed by atoms with Gasteiger partial charge in [-0.3, -0.25) is 19.7 Å². The predicted molar refractivity (Wildman–Crippen MR) is 101 cm³/mol. The number of carbonyl (C=O) groups is 2. The number of nitrogens with one attached hydrogen (secondary N) is 1. The Labute approximate surface area is 161 Å². The summed E-state index contributed by atoms with van der Waals surface area (Å²) in [4.78, 5) is 35.1. The number of benzene rings is 2. The van der Waals surface area contributed by atoms with Crippen LogP contribution in [0.5, 0.6) is 0 Å². The molecule has 0 spiro atoms. The van der Waals surface area contributed by atoms with E-state index in [4.69, 9.17) is 16.3 Å². The zero-order valence-corrected chi connectivity index (χ0v) is 15.7. The van der Waals surface area contributed by atoms with Gasteiger partial charge in [0.15, 0.2) is 0 Å². The SMILES string of the molecule is CCOC(=O)C[C@H](NC(=O)c1ccc(Cl)cc1[N+](=O)[O-])c1ccc(C)cc1. The third kappa shape index (κ3) is 5.52. The second-order valence-corrected chi connectivity index (χ2v) is 6.30. The largest absolute Gasteiger partial charge is 0.466 e. The highest BCUT2D eigenvalue weighted by molar-refractivity contribution is 6.31. The number of ether oxygens (including phenoxy) is 1. The molecule has 0 aliphatic heterocycles. The van der Waals surface area contributed by atoms with E-state index in [0.29, 0.717) is 5.56 Å². The molecule has 0 fully saturated rings. The molecule has 0 aliphatic carbocycles. The summed E-state index contributed by atoms with van der Waals surface area (Å²) in [7, 11) is 0. The topological polar surface area (TPSA) is 98.5 Å². The van der Waals surface area contributed by atoms with Crippen molar-refractivity contribution in [3.05, 3.63) is 74.3 Å². The third-order valence-corrected chi connectivity index (χ3v) is 4.10. The van der Waals surface area contributed by atoms with Crippen LogP contribution in [-0.4, -0.2) is 23.4 Å². The van der Waals surface area contributed by atoms with Crippen LogP contribution in [0.1, 0.15) is 40.9 Å². The van der Waals surface area contributed by atoms with Crippen LogP contribution in [0.25, 0.3) is 0 Å². The van der Waals surface area contributed by atoms with Gasteiger partial charge in [-0.15, -0.1) is 0 Å². The molecular weight excluding hydrogens is 372 g/mol. The zero-order valence-electron chi connectivity index (χ0n) is 14.9. The van der Waals surface area contributed by atoms with Gasteiger partial charge in [-0.2, -0.15) is 0 Å². The van der Waals surface area contributed by atoms with Crippen molar-refractivity contribution in [3.63, 3.8) is 0 Å². The van der Waals surface area contributed by atoms with Gasteiger partial charge in [0.05, 0.1) is 24.0 Å². The van der Waals surface area contributed by atoms with Crippen molar-refractivity contribution < 1.29 is 19.2 Å². The van der Waals surface area contributed by atoms with E-state index in [1.54, 1.807) is 19.1 Å². The Morgan fingerprint density at radius 1 is 1.22 bits per heavy atom. The second-order valence-electron chi connectivity index (χ2n) is 5.86. The molecule has 0 aromatic heterocycles. The molecule has 2 rings (SSSR count). The maximum Gasteiger partial charge on any atom is 0.308 e. The summed E-state index contributed by atoms with van der Waals surface area (Å²) in [6, 6.07) is 10.4. The molecule has 0 aliphatic rings. The maximum absolute atomic E-state index is 12.7. The van der Waals surface area contributed by atoms with Crippen LogP contribution in [0.4, 0.5) is 5.69 Å². The van der Waals surface area contributed by atoms with Crippen molar-refractivity contribution in [1.29, 1.82) is 0 Å². The predicted octanol–water partition coefficient (Wildman–Crippen LogP) is 3.98. The van der Waals surface area contributed by atoms with Crippen molar-refractivity contribution in [1.82, 2.24) is 5.32 Å². The van der Waals surface area contributed by atoms with Crippen LogP contribution >= 0.6 is 11.6 Å². The number of carbonyl (C=O) groups excluding carboxylic acids is 2. The maximum atomic E-state index is 12.7. The van der Waals surface area contributed by atoms with Gasteiger partial charge in [-0.25, -0.2) is 0 Å². The molecule has 2 aromatic rings. The Morgan fingerprint density at radius 3 is 2.48 bits per heavy atom. The molecule has 7 nitrogen and oxygen atoms in total. The van der Waals surface area contributed by atoms with Crippen LogP contribution in [0, 0.1) is 17.0 Å². The molecule has 1 amide bonds. The second kappa shape index (κ2) is 9.14. The average Bonchev–Trinajstić information content (AvgIpc) is 2.61. The van der Waals surface area contributed by atoms with Crippen LogP contribution in [-0.2, 0) is 9.53 Å². The van der Waals surface area contributed by atoms with E-state index in [1.807, 2.05) is 19.1 Å². The van der Waals surface area contributed by atoms with Gasteiger partial charge in [0.1, 0.15) is 5.56 Å². The zero-order chi connectivity index (χ0) is 20.0. The Balaban J connectivity index is 2.31. The van der Waals surface area contributed by atoms with Crippen LogP contribution in [0.3, 0.4) is 0 Å². The van der Waals surface area contributed by atoms with E-state index < -0.39 is 28.5 Å². The summed E-state index contributed by atoms with van der Waals surface area (Å²) in [6.45, 7) is 3.82.